The second-order valence-electron chi connectivity index (χ2n) is 5.33. The SMILES string of the molecule is CC[n+]1cccc(C)c1.CC[n+]1ccccc1.CS(=O)(=O)[O-].CS(=O)(=O)[O-]. The smallest absolute Gasteiger partial charge is 0.171 e. The maximum absolute atomic E-state index is 9.08. The van der Waals surface area contributed by atoms with Crippen molar-refractivity contribution in [2.75, 3.05) is 12.5 Å². The number of nitrogens with zero attached hydrogens (tertiary/aromatic N) is 2. The average molecular weight is 421 g/mol. The minimum atomic E-state index is -3.92. The molecule has 0 radical (unpaired) electrons. The van der Waals surface area contributed by atoms with Crippen LogP contribution in [0.1, 0.15) is 19.4 Å². The van der Waals surface area contributed by atoms with Gasteiger partial charge in [0, 0.05) is 36.3 Å². The van der Waals surface area contributed by atoms with Crippen molar-refractivity contribution in [1.82, 2.24) is 0 Å². The molecule has 27 heavy (non-hydrogen) atoms. The van der Waals surface area contributed by atoms with Crippen molar-refractivity contribution in [1.29, 1.82) is 0 Å². The van der Waals surface area contributed by atoms with Crippen LogP contribution in [0.4, 0.5) is 0 Å². The first-order valence-electron chi connectivity index (χ1n) is 7.97. The molecule has 8 nitrogen and oxygen atoms in total. The van der Waals surface area contributed by atoms with Crippen LogP contribution in [0.15, 0.2) is 55.1 Å². The number of aryl methyl sites for hydroxylation is 3. The zero-order valence-corrected chi connectivity index (χ0v) is 17.9. The lowest BCUT2D eigenvalue weighted by Crippen LogP contribution is -2.30. The van der Waals surface area contributed by atoms with Gasteiger partial charge in [-0.2, -0.15) is 0 Å². The summed E-state index contributed by atoms with van der Waals surface area (Å²) in [5, 5.41) is 0. The molecule has 2 aromatic rings. The zero-order chi connectivity index (χ0) is 21.5. The van der Waals surface area contributed by atoms with E-state index in [0.29, 0.717) is 12.5 Å². The Balaban J connectivity index is 0. The predicted molar refractivity (Wildman–Crippen MR) is 101 cm³/mol. The Morgan fingerprint density at radius 2 is 1.15 bits per heavy atom. The van der Waals surface area contributed by atoms with E-state index in [1.165, 1.54) is 5.56 Å². The van der Waals surface area contributed by atoms with Crippen LogP contribution in [0.5, 0.6) is 0 Å². The van der Waals surface area contributed by atoms with E-state index in [1.54, 1.807) is 0 Å². The van der Waals surface area contributed by atoms with Crippen LogP contribution in [0.2, 0.25) is 0 Å². The topological polar surface area (TPSA) is 122 Å². The van der Waals surface area contributed by atoms with Gasteiger partial charge in [0.25, 0.3) is 0 Å². The minimum Gasteiger partial charge on any atom is -0.748 e. The summed E-state index contributed by atoms with van der Waals surface area (Å²) in [5.74, 6) is 0. The zero-order valence-electron chi connectivity index (χ0n) is 16.3. The number of aromatic nitrogens is 2. The number of rotatable bonds is 2. The molecule has 0 bridgehead atoms. The van der Waals surface area contributed by atoms with Crippen LogP contribution < -0.4 is 9.13 Å². The standard InChI is InChI=1S/C8H12N.C7H10N.2CH4O3S/c1-3-9-6-4-5-8(2)7-9;1-2-8-6-4-3-5-7-8;2*1-5(2,3)4/h4-7H,3H2,1-2H3;3-7H,2H2,1H3;2*1H3,(H,2,3,4)/q2*+1;;/p-2. The second kappa shape index (κ2) is 14.2. The molecule has 0 amide bonds. The minimum absolute atomic E-state index is 0.604. The Morgan fingerprint density at radius 1 is 0.778 bits per heavy atom. The van der Waals surface area contributed by atoms with E-state index < -0.39 is 20.2 Å². The highest BCUT2D eigenvalue weighted by Crippen LogP contribution is 1.88. The lowest BCUT2D eigenvalue weighted by molar-refractivity contribution is -0.693. The highest BCUT2D eigenvalue weighted by molar-refractivity contribution is 7.85. The van der Waals surface area contributed by atoms with E-state index >= 15 is 0 Å². The summed E-state index contributed by atoms with van der Waals surface area (Å²) in [5.41, 5.74) is 1.32. The number of hydrogen-bond acceptors (Lipinski definition) is 6. The molecule has 0 unspecified atom stereocenters. The first-order chi connectivity index (χ1) is 12.3. The summed E-state index contributed by atoms with van der Waals surface area (Å²) in [4.78, 5) is 0. The van der Waals surface area contributed by atoms with Gasteiger partial charge in [0.1, 0.15) is 13.1 Å². The third-order valence-corrected chi connectivity index (χ3v) is 2.51. The summed E-state index contributed by atoms with van der Waals surface area (Å²) in [7, 11) is -7.83. The molecule has 0 aromatic carbocycles. The van der Waals surface area contributed by atoms with Crippen molar-refractivity contribution in [2.45, 2.75) is 33.9 Å². The van der Waals surface area contributed by atoms with Crippen molar-refractivity contribution in [3.05, 3.63) is 60.7 Å². The van der Waals surface area contributed by atoms with E-state index in [1.807, 2.05) is 18.2 Å². The van der Waals surface area contributed by atoms with Crippen molar-refractivity contribution in [2.24, 2.45) is 0 Å². The van der Waals surface area contributed by atoms with Gasteiger partial charge in [-0.3, -0.25) is 0 Å². The van der Waals surface area contributed by atoms with Gasteiger partial charge in [0.05, 0.1) is 20.2 Å². The molecule has 0 atom stereocenters. The Labute approximate surface area is 162 Å². The van der Waals surface area contributed by atoms with Gasteiger partial charge in [0.2, 0.25) is 0 Å². The quantitative estimate of drug-likeness (QED) is 0.518. The molecule has 0 spiro atoms. The van der Waals surface area contributed by atoms with Crippen LogP contribution in [-0.2, 0) is 33.3 Å². The fraction of sp³-hybridized carbons (Fsp3) is 0.412. The van der Waals surface area contributed by atoms with E-state index in [9.17, 15) is 0 Å². The highest BCUT2D eigenvalue weighted by Gasteiger charge is 1.92. The fourth-order valence-electron chi connectivity index (χ4n) is 1.49. The van der Waals surface area contributed by atoms with Gasteiger partial charge in [0.15, 0.2) is 24.8 Å². The van der Waals surface area contributed by atoms with E-state index in [0.717, 1.165) is 13.1 Å². The molecule has 2 aromatic heterocycles. The molecule has 10 heteroatoms. The van der Waals surface area contributed by atoms with Gasteiger partial charge in [-0.1, -0.05) is 6.07 Å². The van der Waals surface area contributed by atoms with Crippen LogP contribution in [0, 0.1) is 6.92 Å². The van der Waals surface area contributed by atoms with Crippen molar-refractivity contribution >= 4 is 20.2 Å². The molecule has 0 aliphatic heterocycles. The normalized spacial score (nSPS) is 10.2. The van der Waals surface area contributed by atoms with E-state index in [-0.39, 0.29) is 0 Å². The van der Waals surface area contributed by atoms with Crippen LogP contribution in [-0.4, -0.2) is 38.5 Å². The Bertz CT molecular complexity index is 793. The molecule has 0 saturated carbocycles. The van der Waals surface area contributed by atoms with Crippen LogP contribution in [0.3, 0.4) is 0 Å². The molecular weight excluding hydrogens is 392 g/mol. The monoisotopic (exact) mass is 420 g/mol. The first-order valence-corrected chi connectivity index (χ1v) is 11.6. The molecular formula is C17H28N2O6S2. The summed E-state index contributed by atoms with van der Waals surface area (Å²) in [6.45, 7) is 8.48. The van der Waals surface area contributed by atoms with Gasteiger partial charge in [-0.25, -0.2) is 26.0 Å². The van der Waals surface area contributed by atoms with E-state index in [4.69, 9.17) is 25.9 Å². The molecule has 2 heterocycles. The summed E-state index contributed by atoms with van der Waals surface area (Å²) in [6.07, 6.45) is 9.53. The summed E-state index contributed by atoms with van der Waals surface area (Å²) >= 11 is 0. The Hall–Kier alpha value is -1.88. The van der Waals surface area contributed by atoms with Crippen LogP contribution >= 0.6 is 0 Å². The number of hydrogen-bond donors (Lipinski definition) is 0. The maximum atomic E-state index is 9.08. The van der Waals surface area contributed by atoms with Crippen molar-refractivity contribution in [3.8, 4) is 0 Å². The largest absolute Gasteiger partial charge is 0.748 e. The molecule has 0 aliphatic rings. The Morgan fingerprint density at radius 3 is 1.41 bits per heavy atom. The lowest BCUT2D eigenvalue weighted by Gasteiger charge is -1.90. The molecule has 0 aliphatic carbocycles. The van der Waals surface area contributed by atoms with Crippen molar-refractivity contribution in [3.63, 3.8) is 0 Å². The molecule has 154 valence electrons. The van der Waals surface area contributed by atoms with Gasteiger partial charge >= 0.3 is 0 Å². The highest BCUT2D eigenvalue weighted by atomic mass is 32.2. The fourth-order valence-corrected chi connectivity index (χ4v) is 1.49. The van der Waals surface area contributed by atoms with E-state index in [2.05, 4.69) is 66.8 Å². The molecule has 2 rings (SSSR count). The van der Waals surface area contributed by atoms with Gasteiger partial charge in [-0.15, -0.1) is 0 Å². The molecule has 0 saturated heterocycles. The summed E-state index contributed by atoms with van der Waals surface area (Å²) < 4.78 is 58.7. The van der Waals surface area contributed by atoms with Gasteiger partial charge < -0.3 is 9.11 Å². The van der Waals surface area contributed by atoms with Crippen molar-refractivity contribution < 1.29 is 35.1 Å². The predicted octanol–water partition coefficient (Wildman–Crippen LogP) is 0.619. The van der Waals surface area contributed by atoms with Crippen LogP contribution in [0.25, 0.3) is 0 Å². The number of pyridine rings is 2. The molecule has 0 fully saturated rings. The maximum Gasteiger partial charge on any atom is 0.171 e. The third-order valence-electron chi connectivity index (χ3n) is 2.51. The average Bonchev–Trinajstić information content (AvgIpc) is 2.53. The Kier molecular flexibility index (Phi) is 14.4. The lowest BCUT2D eigenvalue weighted by atomic mass is 10.3. The summed E-state index contributed by atoms with van der Waals surface area (Å²) in [6, 6.07) is 10.3. The second-order valence-corrected chi connectivity index (χ2v) is 8.14. The first kappa shape index (κ1) is 27.3. The third kappa shape index (κ3) is 29.2. The van der Waals surface area contributed by atoms with Gasteiger partial charge in [-0.05, 0) is 26.8 Å². The molecule has 0 N–H and O–H groups in total.